The van der Waals surface area contributed by atoms with E-state index in [2.05, 4.69) is 65.4 Å². The Balaban J connectivity index is 1.82. The number of fused-ring (bicyclic) bond motifs is 1. The van der Waals surface area contributed by atoms with Gasteiger partial charge in [0.15, 0.2) is 5.11 Å². The smallest absolute Gasteiger partial charge is 0.253 e. The van der Waals surface area contributed by atoms with E-state index in [1.165, 1.54) is 11.1 Å². The van der Waals surface area contributed by atoms with Crippen molar-refractivity contribution in [1.29, 1.82) is 0 Å². The van der Waals surface area contributed by atoms with Crippen LogP contribution in [0.25, 0.3) is 10.9 Å². The van der Waals surface area contributed by atoms with Gasteiger partial charge >= 0.3 is 0 Å². The van der Waals surface area contributed by atoms with Crippen molar-refractivity contribution >= 4 is 28.2 Å². The highest BCUT2D eigenvalue weighted by molar-refractivity contribution is 7.80. The van der Waals surface area contributed by atoms with Crippen molar-refractivity contribution in [3.63, 3.8) is 0 Å². The maximum Gasteiger partial charge on any atom is 0.253 e. The second-order valence-electron chi connectivity index (χ2n) is 7.64. The van der Waals surface area contributed by atoms with E-state index in [1.807, 2.05) is 18.2 Å². The third-order valence-electron chi connectivity index (χ3n) is 5.36. The molecular weight excluding hydrogens is 390 g/mol. The predicted molar refractivity (Wildman–Crippen MR) is 130 cm³/mol. The summed E-state index contributed by atoms with van der Waals surface area (Å²) >= 11 is 5.68. The first kappa shape index (κ1) is 22.0. The molecule has 1 aromatic heterocycles. The number of benzene rings is 2. The van der Waals surface area contributed by atoms with Gasteiger partial charge in [0, 0.05) is 24.2 Å². The molecule has 3 rings (SSSR count). The summed E-state index contributed by atoms with van der Waals surface area (Å²) in [6.07, 6.45) is 4.04. The first-order chi connectivity index (χ1) is 14.6. The maximum atomic E-state index is 12.7. The first-order valence-electron chi connectivity index (χ1n) is 10.8. The van der Waals surface area contributed by atoms with E-state index in [1.54, 1.807) is 0 Å². The minimum absolute atomic E-state index is 0.0483. The molecule has 1 heterocycles. The zero-order valence-corrected chi connectivity index (χ0v) is 18.7. The molecule has 5 heteroatoms. The number of unbranched alkanes of at least 4 members (excludes halogenated alkanes) is 1. The fraction of sp³-hybridized carbons (Fsp3) is 0.360. The number of hydrogen-bond acceptors (Lipinski definition) is 2. The molecule has 0 amide bonds. The lowest BCUT2D eigenvalue weighted by Gasteiger charge is -2.26. The Labute approximate surface area is 184 Å². The SMILES string of the molecule is CCCCNC(=S)N(CCc1ccccc1)Cc1cc2cc(CC)ccc2[nH]c1=O. The van der Waals surface area contributed by atoms with E-state index in [4.69, 9.17) is 12.2 Å². The number of nitrogens with one attached hydrogen (secondary N) is 2. The molecule has 4 nitrogen and oxygen atoms in total. The summed E-state index contributed by atoms with van der Waals surface area (Å²) in [5.41, 5.74) is 4.09. The van der Waals surface area contributed by atoms with Gasteiger partial charge in [-0.15, -0.1) is 0 Å². The molecule has 158 valence electrons. The molecule has 0 saturated carbocycles. The summed E-state index contributed by atoms with van der Waals surface area (Å²) < 4.78 is 0. The minimum atomic E-state index is -0.0483. The zero-order valence-electron chi connectivity index (χ0n) is 17.9. The number of nitrogens with zero attached hydrogens (tertiary/aromatic N) is 1. The summed E-state index contributed by atoms with van der Waals surface area (Å²) in [5.74, 6) is 0. The van der Waals surface area contributed by atoms with E-state index in [9.17, 15) is 4.79 Å². The van der Waals surface area contributed by atoms with Gasteiger partial charge in [0.05, 0.1) is 6.54 Å². The van der Waals surface area contributed by atoms with E-state index in [-0.39, 0.29) is 5.56 Å². The second kappa shape index (κ2) is 10.9. The molecule has 2 N–H and O–H groups in total. The number of thiocarbonyl (C=S) groups is 1. The highest BCUT2D eigenvalue weighted by Crippen LogP contribution is 2.15. The van der Waals surface area contributed by atoms with Crippen LogP contribution in [0.2, 0.25) is 0 Å². The Morgan fingerprint density at radius 2 is 1.87 bits per heavy atom. The van der Waals surface area contributed by atoms with Gasteiger partial charge in [0.1, 0.15) is 0 Å². The molecule has 0 radical (unpaired) electrons. The van der Waals surface area contributed by atoms with Gasteiger partial charge < -0.3 is 15.2 Å². The van der Waals surface area contributed by atoms with Gasteiger partial charge in [-0.05, 0) is 66.2 Å². The van der Waals surface area contributed by atoms with Crippen LogP contribution in [0, 0.1) is 0 Å². The van der Waals surface area contributed by atoms with Crippen molar-refractivity contribution < 1.29 is 0 Å². The number of aromatic nitrogens is 1. The molecule has 0 aliphatic carbocycles. The second-order valence-corrected chi connectivity index (χ2v) is 8.03. The highest BCUT2D eigenvalue weighted by Gasteiger charge is 2.13. The van der Waals surface area contributed by atoms with Crippen LogP contribution in [0.3, 0.4) is 0 Å². The van der Waals surface area contributed by atoms with Crippen molar-refractivity contribution in [3.8, 4) is 0 Å². The topological polar surface area (TPSA) is 48.1 Å². The molecule has 2 aromatic carbocycles. The van der Waals surface area contributed by atoms with E-state index in [0.29, 0.717) is 11.7 Å². The molecule has 30 heavy (non-hydrogen) atoms. The Bertz CT molecular complexity index is 1030. The average Bonchev–Trinajstić information content (AvgIpc) is 2.77. The van der Waals surface area contributed by atoms with Gasteiger partial charge in [-0.1, -0.05) is 56.7 Å². The molecule has 0 aliphatic heterocycles. The molecule has 0 saturated heterocycles. The van der Waals surface area contributed by atoms with Gasteiger partial charge in [0.25, 0.3) is 5.56 Å². The lowest BCUT2D eigenvalue weighted by Crippen LogP contribution is -2.41. The Morgan fingerprint density at radius 1 is 1.07 bits per heavy atom. The van der Waals surface area contributed by atoms with Crippen LogP contribution in [0.1, 0.15) is 43.4 Å². The number of H-pyrrole nitrogens is 1. The largest absolute Gasteiger partial charge is 0.363 e. The van der Waals surface area contributed by atoms with E-state index >= 15 is 0 Å². The lowest BCUT2D eigenvalue weighted by atomic mass is 10.1. The molecule has 3 aromatic rings. The average molecular weight is 422 g/mol. The predicted octanol–water partition coefficient (Wildman–Crippen LogP) is 4.81. The van der Waals surface area contributed by atoms with Crippen LogP contribution < -0.4 is 10.9 Å². The Hall–Kier alpha value is -2.66. The van der Waals surface area contributed by atoms with Crippen molar-refractivity contribution in [1.82, 2.24) is 15.2 Å². The van der Waals surface area contributed by atoms with Crippen molar-refractivity contribution in [2.75, 3.05) is 13.1 Å². The minimum Gasteiger partial charge on any atom is -0.363 e. The van der Waals surface area contributed by atoms with Gasteiger partial charge in [0.2, 0.25) is 0 Å². The zero-order chi connectivity index (χ0) is 21.3. The number of hydrogen-bond donors (Lipinski definition) is 2. The van der Waals surface area contributed by atoms with Gasteiger partial charge in [-0.3, -0.25) is 4.79 Å². The quantitative estimate of drug-likeness (QED) is 0.384. The number of aromatic amines is 1. The van der Waals surface area contributed by atoms with Crippen molar-refractivity contribution in [3.05, 3.63) is 81.6 Å². The van der Waals surface area contributed by atoms with Crippen molar-refractivity contribution in [2.24, 2.45) is 0 Å². The monoisotopic (exact) mass is 421 g/mol. The fourth-order valence-corrected chi connectivity index (χ4v) is 3.75. The Kier molecular flexibility index (Phi) is 8.03. The van der Waals surface area contributed by atoms with Gasteiger partial charge in [-0.25, -0.2) is 0 Å². The molecule has 0 bridgehead atoms. The summed E-state index contributed by atoms with van der Waals surface area (Å²) in [5, 5.41) is 5.14. The fourth-order valence-electron chi connectivity index (χ4n) is 3.49. The van der Waals surface area contributed by atoms with E-state index < -0.39 is 0 Å². The van der Waals surface area contributed by atoms with Crippen LogP contribution in [0.15, 0.2) is 59.4 Å². The first-order valence-corrected chi connectivity index (χ1v) is 11.2. The molecule has 0 unspecified atom stereocenters. The number of aryl methyl sites for hydroxylation is 1. The number of pyridine rings is 1. The Morgan fingerprint density at radius 3 is 2.60 bits per heavy atom. The third-order valence-corrected chi connectivity index (χ3v) is 5.76. The molecule has 0 spiro atoms. The molecule has 0 atom stereocenters. The lowest BCUT2D eigenvalue weighted by molar-refractivity contribution is 0.407. The summed E-state index contributed by atoms with van der Waals surface area (Å²) in [4.78, 5) is 17.9. The van der Waals surface area contributed by atoms with Crippen molar-refractivity contribution in [2.45, 2.75) is 46.1 Å². The van der Waals surface area contributed by atoms with Crippen LogP contribution in [-0.4, -0.2) is 28.1 Å². The number of rotatable bonds is 9. The normalized spacial score (nSPS) is 10.9. The maximum absolute atomic E-state index is 12.7. The molecule has 0 aliphatic rings. The summed E-state index contributed by atoms with van der Waals surface area (Å²) in [6.45, 7) is 6.41. The van der Waals surface area contributed by atoms with Crippen LogP contribution in [-0.2, 0) is 19.4 Å². The van der Waals surface area contributed by atoms with E-state index in [0.717, 1.165) is 55.2 Å². The standard InChI is InChI=1S/C25H31N3OS/c1-3-5-14-26-25(30)28(15-13-20-9-7-6-8-10-20)18-22-17-21-16-19(4-2)11-12-23(21)27-24(22)29/h6-12,16-17H,3-5,13-15,18H2,1-2H3,(H,26,30)(H,27,29). The van der Waals surface area contributed by atoms with Crippen LogP contribution in [0.5, 0.6) is 0 Å². The van der Waals surface area contributed by atoms with Crippen LogP contribution >= 0.6 is 12.2 Å². The molecule has 0 fully saturated rings. The summed E-state index contributed by atoms with van der Waals surface area (Å²) in [6, 6.07) is 18.6. The molecular formula is C25H31N3OS. The summed E-state index contributed by atoms with van der Waals surface area (Å²) in [7, 11) is 0. The van der Waals surface area contributed by atoms with Crippen LogP contribution in [0.4, 0.5) is 0 Å². The highest BCUT2D eigenvalue weighted by atomic mass is 32.1. The third kappa shape index (κ3) is 5.92. The van der Waals surface area contributed by atoms with Gasteiger partial charge in [-0.2, -0.15) is 0 Å².